The number of thiocarbonyl (C=S) groups is 1. The number of piperazine rings is 1. The lowest BCUT2D eigenvalue weighted by Gasteiger charge is -2.35. The zero-order valence-electron chi connectivity index (χ0n) is 14.7. The first-order chi connectivity index (χ1) is 12.8. The normalized spacial score (nSPS) is 15.6. The summed E-state index contributed by atoms with van der Waals surface area (Å²) in [6.45, 7) is 3.64. The van der Waals surface area contributed by atoms with E-state index in [0.717, 1.165) is 5.56 Å². The molecule has 1 aliphatic rings. The number of benzene rings is 2. The van der Waals surface area contributed by atoms with Crippen LogP contribution in [0, 0.1) is 6.92 Å². The minimum Gasteiger partial charge on any atom is -0.346 e. The first-order valence-electron chi connectivity index (χ1n) is 8.36. The molecule has 1 aliphatic heterocycles. The van der Waals surface area contributed by atoms with Crippen LogP contribution in [0.15, 0.2) is 47.4 Å². The van der Waals surface area contributed by atoms with Crippen LogP contribution in [0.4, 0.5) is 5.69 Å². The molecule has 3 rings (SSSR count). The number of nitrogens with one attached hydrogen (secondary N) is 1. The van der Waals surface area contributed by atoms with Gasteiger partial charge >= 0.3 is 0 Å². The molecule has 0 radical (unpaired) electrons. The summed E-state index contributed by atoms with van der Waals surface area (Å²) >= 11 is 17.6. The highest BCUT2D eigenvalue weighted by Crippen LogP contribution is 2.30. The predicted octanol–water partition coefficient (Wildman–Crippen LogP) is 4.01. The molecule has 0 unspecified atom stereocenters. The lowest BCUT2D eigenvalue weighted by Crippen LogP contribution is -2.51. The van der Waals surface area contributed by atoms with E-state index in [4.69, 9.17) is 35.4 Å². The molecule has 144 valence electrons. The van der Waals surface area contributed by atoms with Gasteiger partial charge in [0.05, 0.1) is 20.6 Å². The summed E-state index contributed by atoms with van der Waals surface area (Å²) in [5.41, 5.74) is 1.65. The lowest BCUT2D eigenvalue weighted by molar-refractivity contribution is 0.268. The van der Waals surface area contributed by atoms with Crippen LogP contribution >= 0.6 is 35.4 Å². The van der Waals surface area contributed by atoms with Gasteiger partial charge in [-0.05, 0) is 43.4 Å². The largest absolute Gasteiger partial charge is 0.346 e. The fourth-order valence-electron chi connectivity index (χ4n) is 2.79. The molecule has 0 aliphatic carbocycles. The van der Waals surface area contributed by atoms with Crippen LogP contribution in [0.5, 0.6) is 0 Å². The molecule has 1 saturated heterocycles. The highest BCUT2D eigenvalue weighted by Gasteiger charge is 2.29. The van der Waals surface area contributed by atoms with Gasteiger partial charge in [0.15, 0.2) is 5.11 Å². The van der Waals surface area contributed by atoms with Crippen molar-refractivity contribution in [2.75, 3.05) is 31.5 Å². The molecular formula is C18H19Cl2N3O2S2. The van der Waals surface area contributed by atoms with Crippen LogP contribution in [-0.2, 0) is 10.0 Å². The van der Waals surface area contributed by atoms with Crippen molar-refractivity contribution in [3.63, 3.8) is 0 Å². The maximum atomic E-state index is 12.8. The van der Waals surface area contributed by atoms with E-state index in [0.29, 0.717) is 51.9 Å². The number of sulfonamides is 1. The van der Waals surface area contributed by atoms with Gasteiger partial charge in [-0.1, -0.05) is 47.0 Å². The Labute approximate surface area is 174 Å². The zero-order valence-corrected chi connectivity index (χ0v) is 17.8. The number of anilines is 1. The van der Waals surface area contributed by atoms with E-state index in [2.05, 4.69) is 5.32 Å². The van der Waals surface area contributed by atoms with Gasteiger partial charge in [-0.2, -0.15) is 4.31 Å². The molecule has 2 aromatic rings. The highest BCUT2D eigenvalue weighted by molar-refractivity contribution is 7.89. The molecule has 0 spiro atoms. The monoisotopic (exact) mass is 443 g/mol. The molecule has 1 heterocycles. The summed E-state index contributed by atoms with van der Waals surface area (Å²) in [4.78, 5) is 2.24. The second kappa shape index (κ2) is 8.32. The van der Waals surface area contributed by atoms with E-state index in [9.17, 15) is 8.42 Å². The third-order valence-electron chi connectivity index (χ3n) is 4.38. The number of rotatable bonds is 3. The van der Waals surface area contributed by atoms with Gasteiger partial charge in [0.2, 0.25) is 10.0 Å². The summed E-state index contributed by atoms with van der Waals surface area (Å²) in [6.07, 6.45) is 0. The van der Waals surface area contributed by atoms with Crippen LogP contribution in [0.3, 0.4) is 0 Å². The van der Waals surface area contributed by atoms with E-state index in [1.165, 1.54) is 4.31 Å². The Morgan fingerprint density at radius 3 is 2.30 bits per heavy atom. The molecule has 0 bridgehead atoms. The quantitative estimate of drug-likeness (QED) is 0.726. The Morgan fingerprint density at radius 2 is 1.67 bits per heavy atom. The highest BCUT2D eigenvalue weighted by atomic mass is 35.5. The third-order valence-corrected chi connectivity index (χ3v) is 7.47. The Hall–Kier alpha value is -1.38. The van der Waals surface area contributed by atoms with E-state index < -0.39 is 10.0 Å². The van der Waals surface area contributed by atoms with Crippen molar-refractivity contribution in [1.82, 2.24) is 9.21 Å². The summed E-state index contributed by atoms with van der Waals surface area (Å²) in [5.74, 6) is 0. The van der Waals surface area contributed by atoms with E-state index in [1.807, 2.05) is 11.8 Å². The second-order valence-electron chi connectivity index (χ2n) is 6.24. The number of hydrogen-bond donors (Lipinski definition) is 1. The maximum absolute atomic E-state index is 12.8. The topological polar surface area (TPSA) is 52.7 Å². The molecule has 0 atom stereocenters. The van der Waals surface area contributed by atoms with Crippen molar-refractivity contribution in [3.05, 3.63) is 58.1 Å². The Kier molecular flexibility index (Phi) is 6.28. The zero-order chi connectivity index (χ0) is 19.6. The van der Waals surface area contributed by atoms with Crippen LogP contribution < -0.4 is 5.32 Å². The van der Waals surface area contributed by atoms with Crippen molar-refractivity contribution in [2.24, 2.45) is 0 Å². The molecule has 5 nitrogen and oxygen atoms in total. The van der Waals surface area contributed by atoms with Gasteiger partial charge in [-0.3, -0.25) is 0 Å². The molecular weight excluding hydrogens is 425 g/mol. The average molecular weight is 444 g/mol. The average Bonchev–Trinajstić information content (AvgIpc) is 2.66. The first-order valence-corrected chi connectivity index (χ1v) is 11.0. The summed E-state index contributed by atoms with van der Waals surface area (Å²) in [7, 11) is -3.49. The van der Waals surface area contributed by atoms with Crippen molar-refractivity contribution in [2.45, 2.75) is 11.8 Å². The SMILES string of the molecule is Cc1ccc(S(=O)(=O)N2CCN(C(=S)Nc3cccc(Cl)c3Cl)CC2)cc1. The van der Waals surface area contributed by atoms with E-state index in [-0.39, 0.29) is 0 Å². The molecule has 2 aromatic carbocycles. The van der Waals surface area contributed by atoms with Gasteiger partial charge in [-0.15, -0.1) is 0 Å². The number of hydrogen-bond acceptors (Lipinski definition) is 3. The second-order valence-corrected chi connectivity index (χ2v) is 9.35. The van der Waals surface area contributed by atoms with E-state index in [1.54, 1.807) is 42.5 Å². The van der Waals surface area contributed by atoms with Crippen molar-refractivity contribution < 1.29 is 8.42 Å². The fraction of sp³-hybridized carbons (Fsp3) is 0.278. The molecule has 9 heteroatoms. The minimum absolute atomic E-state index is 0.313. The summed E-state index contributed by atoms with van der Waals surface area (Å²) < 4.78 is 27.0. The van der Waals surface area contributed by atoms with Crippen LogP contribution in [0.25, 0.3) is 0 Å². The molecule has 27 heavy (non-hydrogen) atoms. The van der Waals surface area contributed by atoms with Gasteiger partial charge in [0, 0.05) is 26.2 Å². The predicted molar refractivity (Wildman–Crippen MR) is 114 cm³/mol. The Morgan fingerprint density at radius 1 is 1.04 bits per heavy atom. The fourth-order valence-corrected chi connectivity index (χ4v) is 4.85. The molecule has 0 aromatic heterocycles. The van der Waals surface area contributed by atoms with Crippen LogP contribution in [0.1, 0.15) is 5.56 Å². The summed E-state index contributed by atoms with van der Waals surface area (Å²) in [5, 5.41) is 4.43. The maximum Gasteiger partial charge on any atom is 0.243 e. The minimum atomic E-state index is -3.49. The standard InChI is InChI=1S/C18H19Cl2N3O2S2/c1-13-5-7-14(8-6-13)27(24,25)23-11-9-22(10-12-23)18(26)21-16-4-2-3-15(19)17(16)20/h2-8H,9-12H2,1H3,(H,21,26). The number of aryl methyl sites for hydroxylation is 1. The van der Waals surface area contributed by atoms with Crippen molar-refractivity contribution in [3.8, 4) is 0 Å². The smallest absolute Gasteiger partial charge is 0.243 e. The Bertz CT molecular complexity index is 942. The van der Waals surface area contributed by atoms with Crippen molar-refractivity contribution in [1.29, 1.82) is 0 Å². The lowest BCUT2D eigenvalue weighted by atomic mass is 10.2. The number of nitrogens with zero attached hydrogens (tertiary/aromatic N) is 2. The Balaban J connectivity index is 1.63. The molecule has 0 saturated carbocycles. The molecule has 1 fully saturated rings. The summed E-state index contributed by atoms with van der Waals surface area (Å²) in [6, 6.07) is 12.2. The van der Waals surface area contributed by atoms with E-state index >= 15 is 0 Å². The van der Waals surface area contributed by atoms with Crippen LogP contribution in [-0.4, -0.2) is 48.9 Å². The molecule has 1 N–H and O–H groups in total. The number of halogens is 2. The van der Waals surface area contributed by atoms with Crippen LogP contribution in [0.2, 0.25) is 10.0 Å². The first kappa shape index (κ1) is 20.4. The van der Waals surface area contributed by atoms with Crippen molar-refractivity contribution >= 4 is 56.2 Å². The van der Waals surface area contributed by atoms with Gasteiger partial charge < -0.3 is 10.2 Å². The van der Waals surface area contributed by atoms with Gasteiger partial charge in [-0.25, -0.2) is 8.42 Å². The van der Waals surface area contributed by atoms with Gasteiger partial charge in [0.25, 0.3) is 0 Å². The van der Waals surface area contributed by atoms with Gasteiger partial charge in [0.1, 0.15) is 0 Å². The molecule has 0 amide bonds. The third kappa shape index (κ3) is 4.55.